The Morgan fingerprint density at radius 2 is 1.91 bits per heavy atom. The third-order valence-corrected chi connectivity index (χ3v) is 5.04. The number of nitrogens with one attached hydrogen (secondary N) is 1. The minimum absolute atomic E-state index is 0. The molecule has 0 aromatic heterocycles. The fourth-order valence-electron chi connectivity index (χ4n) is 3.62. The van der Waals surface area contributed by atoms with Gasteiger partial charge in [0.05, 0.1) is 5.92 Å². The molecular formula is C17H35Cl2N3O. The number of carbonyl (C=O) groups is 1. The Morgan fingerprint density at radius 1 is 1.22 bits per heavy atom. The van der Waals surface area contributed by atoms with Gasteiger partial charge in [0.1, 0.15) is 0 Å². The number of unbranched alkanes of at least 4 members (excludes halogenated alkanes) is 1. The summed E-state index contributed by atoms with van der Waals surface area (Å²) in [6.45, 7) is 8.58. The lowest BCUT2D eigenvalue weighted by Gasteiger charge is -2.36. The van der Waals surface area contributed by atoms with Gasteiger partial charge in [0, 0.05) is 26.2 Å². The van der Waals surface area contributed by atoms with Crippen LogP contribution in [0.1, 0.15) is 45.4 Å². The Balaban J connectivity index is 0.00000242. The van der Waals surface area contributed by atoms with Crippen LogP contribution in [-0.2, 0) is 4.79 Å². The number of likely N-dealkylation sites (tertiary alicyclic amines) is 1. The van der Waals surface area contributed by atoms with E-state index in [1.54, 1.807) is 0 Å². The van der Waals surface area contributed by atoms with Crippen LogP contribution < -0.4 is 5.32 Å². The second-order valence-corrected chi connectivity index (χ2v) is 6.93. The van der Waals surface area contributed by atoms with Crippen molar-refractivity contribution in [3.05, 3.63) is 0 Å². The van der Waals surface area contributed by atoms with Gasteiger partial charge in [-0.3, -0.25) is 4.79 Å². The Bertz CT molecular complexity index is 317. The summed E-state index contributed by atoms with van der Waals surface area (Å²) in [5.41, 5.74) is 0. The number of nitrogens with zero attached hydrogens (tertiary/aromatic N) is 2. The van der Waals surface area contributed by atoms with E-state index in [0.717, 1.165) is 44.9 Å². The fourth-order valence-corrected chi connectivity index (χ4v) is 3.62. The third kappa shape index (κ3) is 7.59. The van der Waals surface area contributed by atoms with Crippen LogP contribution in [0.2, 0.25) is 0 Å². The zero-order valence-corrected chi connectivity index (χ0v) is 16.4. The van der Waals surface area contributed by atoms with Gasteiger partial charge >= 0.3 is 0 Å². The summed E-state index contributed by atoms with van der Waals surface area (Å²) >= 11 is 0. The van der Waals surface area contributed by atoms with E-state index in [-0.39, 0.29) is 30.7 Å². The molecule has 23 heavy (non-hydrogen) atoms. The molecule has 0 radical (unpaired) electrons. The monoisotopic (exact) mass is 367 g/mol. The SMILES string of the molecule is CCCCN(C)CC1CCN(C(=O)C2CCCNC2)CC1.Cl.Cl. The van der Waals surface area contributed by atoms with Gasteiger partial charge in [0.2, 0.25) is 5.91 Å². The Hall–Kier alpha value is -0.0300. The lowest BCUT2D eigenvalue weighted by molar-refractivity contribution is -0.137. The first-order valence-electron chi connectivity index (χ1n) is 8.88. The molecule has 138 valence electrons. The first kappa shape index (κ1) is 23.0. The number of hydrogen-bond donors (Lipinski definition) is 1. The summed E-state index contributed by atoms with van der Waals surface area (Å²) in [5, 5.41) is 3.36. The average molecular weight is 368 g/mol. The fraction of sp³-hybridized carbons (Fsp3) is 0.941. The van der Waals surface area contributed by atoms with Crippen molar-refractivity contribution in [1.82, 2.24) is 15.1 Å². The molecule has 0 aromatic rings. The molecule has 0 aromatic carbocycles. The van der Waals surface area contributed by atoms with Crippen molar-refractivity contribution in [3.63, 3.8) is 0 Å². The summed E-state index contributed by atoms with van der Waals surface area (Å²) in [6.07, 6.45) is 7.15. The molecule has 1 unspecified atom stereocenters. The highest BCUT2D eigenvalue weighted by atomic mass is 35.5. The van der Waals surface area contributed by atoms with Crippen LogP contribution in [0, 0.1) is 11.8 Å². The normalized spacial score (nSPS) is 22.4. The second kappa shape index (κ2) is 12.3. The molecule has 6 heteroatoms. The predicted octanol–water partition coefficient (Wildman–Crippen LogP) is 2.80. The summed E-state index contributed by atoms with van der Waals surface area (Å²) < 4.78 is 0. The maximum atomic E-state index is 12.5. The summed E-state index contributed by atoms with van der Waals surface area (Å²) in [6, 6.07) is 0. The summed E-state index contributed by atoms with van der Waals surface area (Å²) in [7, 11) is 2.24. The smallest absolute Gasteiger partial charge is 0.226 e. The molecule has 1 N–H and O–H groups in total. The Kier molecular flexibility index (Phi) is 12.3. The van der Waals surface area contributed by atoms with Crippen molar-refractivity contribution in [2.24, 2.45) is 11.8 Å². The maximum absolute atomic E-state index is 12.5. The molecule has 0 saturated carbocycles. The molecule has 0 spiro atoms. The lowest BCUT2D eigenvalue weighted by Crippen LogP contribution is -2.47. The number of amides is 1. The quantitative estimate of drug-likeness (QED) is 0.783. The number of carbonyl (C=O) groups excluding carboxylic acids is 1. The second-order valence-electron chi connectivity index (χ2n) is 6.93. The Labute approximate surface area is 154 Å². The van der Waals surface area contributed by atoms with Crippen LogP contribution >= 0.6 is 24.8 Å². The molecule has 1 amide bonds. The average Bonchev–Trinajstić information content (AvgIpc) is 2.54. The predicted molar refractivity (Wildman–Crippen MR) is 102 cm³/mol. The Morgan fingerprint density at radius 3 is 2.48 bits per heavy atom. The lowest BCUT2D eigenvalue weighted by atomic mass is 9.93. The number of rotatable bonds is 6. The van der Waals surface area contributed by atoms with Gasteiger partial charge in [-0.2, -0.15) is 0 Å². The van der Waals surface area contributed by atoms with Crippen molar-refractivity contribution < 1.29 is 4.79 Å². The van der Waals surface area contributed by atoms with Gasteiger partial charge in [-0.15, -0.1) is 24.8 Å². The van der Waals surface area contributed by atoms with Gasteiger partial charge in [0.15, 0.2) is 0 Å². The summed E-state index contributed by atoms with van der Waals surface area (Å²) in [4.78, 5) is 17.1. The van der Waals surface area contributed by atoms with E-state index in [4.69, 9.17) is 0 Å². The van der Waals surface area contributed by atoms with E-state index in [0.29, 0.717) is 5.91 Å². The molecule has 0 bridgehead atoms. The number of halogens is 2. The number of hydrogen-bond acceptors (Lipinski definition) is 3. The van der Waals surface area contributed by atoms with Crippen molar-refractivity contribution >= 4 is 30.7 Å². The van der Waals surface area contributed by atoms with Crippen molar-refractivity contribution in [2.75, 3.05) is 46.3 Å². The zero-order chi connectivity index (χ0) is 15.1. The van der Waals surface area contributed by atoms with Crippen molar-refractivity contribution in [1.29, 1.82) is 0 Å². The van der Waals surface area contributed by atoms with E-state index in [9.17, 15) is 4.79 Å². The highest BCUT2D eigenvalue weighted by Gasteiger charge is 2.29. The minimum atomic E-state index is 0. The van der Waals surface area contributed by atoms with Crippen LogP contribution in [-0.4, -0.2) is 62.0 Å². The van der Waals surface area contributed by atoms with E-state index in [1.165, 1.54) is 38.8 Å². The highest BCUT2D eigenvalue weighted by Crippen LogP contribution is 2.21. The molecule has 2 aliphatic rings. The summed E-state index contributed by atoms with van der Waals surface area (Å²) in [5.74, 6) is 1.42. The van der Waals surface area contributed by atoms with Crippen LogP contribution in [0.5, 0.6) is 0 Å². The molecule has 2 heterocycles. The van der Waals surface area contributed by atoms with Crippen LogP contribution in [0.3, 0.4) is 0 Å². The highest BCUT2D eigenvalue weighted by molar-refractivity contribution is 5.85. The molecular weight excluding hydrogens is 333 g/mol. The van der Waals surface area contributed by atoms with E-state index in [1.807, 2.05) is 0 Å². The van der Waals surface area contributed by atoms with E-state index in [2.05, 4.69) is 29.1 Å². The standard InChI is InChI=1S/C17H33N3O.2ClH/c1-3-4-10-19(2)14-15-7-11-20(12-8-15)17(21)16-6-5-9-18-13-16;;/h15-16,18H,3-14H2,1-2H3;2*1H. The first-order chi connectivity index (χ1) is 10.2. The van der Waals surface area contributed by atoms with E-state index >= 15 is 0 Å². The van der Waals surface area contributed by atoms with Crippen molar-refractivity contribution in [2.45, 2.75) is 45.4 Å². The number of piperidine rings is 2. The van der Waals surface area contributed by atoms with E-state index < -0.39 is 0 Å². The molecule has 1 atom stereocenters. The van der Waals surface area contributed by atoms with Gasteiger partial charge in [0.25, 0.3) is 0 Å². The van der Waals surface area contributed by atoms with Crippen molar-refractivity contribution in [3.8, 4) is 0 Å². The molecule has 2 rings (SSSR count). The molecule has 4 nitrogen and oxygen atoms in total. The maximum Gasteiger partial charge on any atom is 0.226 e. The van der Waals surface area contributed by atoms with Crippen LogP contribution in [0.4, 0.5) is 0 Å². The largest absolute Gasteiger partial charge is 0.342 e. The minimum Gasteiger partial charge on any atom is -0.342 e. The van der Waals surface area contributed by atoms with Gasteiger partial charge in [-0.1, -0.05) is 13.3 Å². The van der Waals surface area contributed by atoms with Gasteiger partial charge in [-0.05, 0) is 58.2 Å². The van der Waals surface area contributed by atoms with Gasteiger partial charge in [-0.25, -0.2) is 0 Å². The van der Waals surface area contributed by atoms with Gasteiger partial charge < -0.3 is 15.1 Å². The third-order valence-electron chi connectivity index (χ3n) is 5.04. The molecule has 2 fully saturated rings. The topological polar surface area (TPSA) is 35.6 Å². The van der Waals surface area contributed by atoms with Crippen LogP contribution in [0.15, 0.2) is 0 Å². The molecule has 0 aliphatic carbocycles. The molecule has 2 aliphatic heterocycles. The van der Waals surface area contributed by atoms with Crippen LogP contribution in [0.25, 0.3) is 0 Å². The molecule has 2 saturated heterocycles. The first-order valence-corrected chi connectivity index (χ1v) is 8.88. The zero-order valence-electron chi connectivity index (χ0n) is 14.8.